The van der Waals surface area contributed by atoms with Crippen molar-refractivity contribution in [2.24, 2.45) is 5.92 Å². The number of ether oxygens (including phenoxy) is 1. The van der Waals surface area contributed by atoms with Crippen LogP contribution in [0, 0.1) is 11.7 Å². The van der Waals surface area contributed by atoms with Gasteiger partial charge < -0.3 is 14.5 Å². The molecule has 8 heteroatoms. The average Bonchev–Trinajstić information content (AvgIpc) is 3.52. The third kappa shape index (κ3) is 3.28. The van der Waals surface area contributed by atoms with Crippen LogP contribution in [0.1, 0.15) is 38.5 Å². The molecule has 2 aromatic rings. The van der Waals surface area contributed by atoms with E-state index in [2.05, 4.69) is 22.4 Å². The zero-order valence-electron chi connectivity index (χ0n) is 14.3. The third-order valence-electron chi connectivity index (χ3n) is 5.15. The van der Waals surface area contributed by atoms with E-state index in [-0.39, 0.29) is 34.2 Å². The molecule has 0 unspecified atom stereocenters. The second-order valence-corrected chi connectivity index (χ2v) is 7.76. The summed E-state index contributed by atoms with van der Waals surface area (Å²) in [5.41, 5.74) is -0.462. The molecule has 0 atom stereocenters. The summed E-state index contributed by atoms with van der Waals surface area (Å²) in [6, 6.07) is 4.03. The molecule has 3 saturated carbocycles. The van der Waals surface area contributed by atoms with Crippen LogP contribution in [0.2, 0.25) is 5.02 Å². The van der Waals surface area contributed by atoms with Crippen molar-refractivity contribution in [3.8, 4) is 5.75 Å². The molecule has 0 bridgehead atoms. The first-order chi connectivity index (χ1) is 12.4. The van der Waals surface area contributed by atoms with Crippen LogP contribution in [0.5, 0.6) is 5.75 Å². The van der Waals surface area contributed by atoms with Crippen molar-refractivity contribution < 1.29 is 18.3 Å². The van der Waals surface area contributed by atoms with Crippen molar-refractivity contribution >= 4 is 17.5 Å². The second kappa shape index (κ2) is 6.23. The van der Waals surface area contributed by atoms with Gasteiger partial charge in [0, 0.05) is 6.07 Å². The first-order valence-electron chi connectivity index (χ1n) is 8.60. The van der Waals surface area contributed by atoms with E-state index in [0.717, 1.165) is 24.8 Å². The molecule has 138 valence electrons. The van der Waals surface area contributed by atoms with Crippen LogP contribution in [0.3, 0.4) is 0 Å². The van der Waals surface area contributed by atoms with Crippen molar-refractivity contribution in [1.82, 2.24) is 15.5 Å². The standard InChI is InChI=1S/C14H11ClFN3O3.C4H8/c15-9-2-1-8(3-10(9)16)21-4-11(20)18-14-5-13(14,6-14)12-19-17-7-22-12;1-4-2-3-4/h1-3,7H,4-6H2,(H,18,20);4H,2-3H2,1H3. The number of halogens is 2. The normalized spacial score (nSPS) is 27.7. The SMILES string of the molecule is CC1CC1.O=C(COc1ccc(Cl)c(F)c1)NC12CC1(c1nnco1)C2. The minimum atomic E-state index is -0.585. The number of amides is 1. The molecule has 1 aromatic carbocycles. The number of aromatic nitrogens is 2. The quantitative estimate of drug-likeness (QED) is 0.862. The summed E-state index contributed by atoms with van der Waals surface area (Å²) in [5.74, 6) is 1.05. The van der Waals surface area contributed by atoms with Gasteiger partial charge in [0.25, 0.3) is 5.91 Å². The van der Waals surface area contributed by atoms with Crippen molar-refractivity contribution in [2.45, 2.75) is 43.6 Å². The van der Waals surface area contributed by atoms with Crippen LogP contribution in [0.4, 0.5) is 4.39 Å². The van der Waals surface area contributed by atoms with Gasteiger partial charge in [-0.1, -0.05) is 31.4 Å². The molecule has 26 heavy (non-hydrogen) atoms. The minimum absolute atomic E-state index is 0.0102. The number of nitrogens with zero attached hydrogens (tertiary/aromatic N) is 2. The summed E-state index contributed by atoms with van der Waals surface area (Å²) in [5, 5.41) is 10.5. The monoisotopic (exact) mass is 379 g/mol. The molecule has 3 fully saturated rings. The van der Waals surface area contributed by atoms with Gasteiger partial charge >= 0.3 is 0 Å². The van der Waals surface area contributed by atoms with Gasteiger partial charge in [-0.15, -0.1) is 10.2 Å². The zero-order valence-corrected chi connectivity index (χ0v) is 15.1. The predicted molar refractivity (Wildman–Crippen MR) is 91.4 cm³/mol. The summed E-state index contributed by atoms with van der Waals surface area (Å²) in [7, 11) is 0. The number of fused-ring (bicyclic) bond motifs is 1. The highest BCUT2D eigenvalue weighted by molar-refractivity contribution is 6.30. The van der Waals surface area contributed by atoms with Gasteiger partial charge in [-0.2, -0.15) is 0 Å². The first kappa shape index (κ1) is 17.3. The lowest BCUT2D eigenvalue weighted by molar-refractivity contribution is -0.123. The van der Waals surface area contributed by atoms with E-state index in [1.807, 2.05) is 0 Å². The Bertz CT molecular complexity index is 817. The molecule has 1 amide bonds. The molecule has 5 rings (SSSR count). The van der Waals surface area contributed by atoms with Crippen LogP contribution < -0.4 is 10.1 Å². The van der Waals surface area contributed by atoms with Gasteiger partial charge in [-0.3, -0.25) is 4.79 Å². The van der Waals surface area contributed by atoms with E-state index >= 15 is 0 Å². The Labute approximate surface area is 155 Å². The Morgan fingerprint density at radius 2 is 2.19 bits per heavy atom. The van der Waals surface area contributed by atoms with Gasteiger partial charge in [0.05, 0.1) is 16.0 Å². The number of benzene rings is 1. The van der Waals surface area contributed by atoms with Gasteiger partial charge in [0.2, 0.25) is 12.3 Å². The number of hydrogen-bond donors (Lipinski definition) is 1. The number of carbonyl (C=O) groups is 1. The molecule has 6 nitrogen and oxygen atoms in total. The van der Waals surface area contributed by atoms with Crippen LogP contribution in [0.25, 0.3) is 0 Å². The lowest BCUT2D eigenvalue weighted by Crippen LogP contribution is -2.34. The van der Waals surface area contributed by atoms with E-state index in [1.54, 1.807) is 0 Å². The molecule has 1 N–H and O–H groups in total. The Morgan fingerprint density at radius 3 is 2.77 bits per heavy atom. The lowest BCUT2D eigenvalue weighted by atomic mass is 10.2. The van der Waals surface area contributed by atoms with Crippen LogP contribution in [-0.2, 0) is 10.2 Å². The summed E-state index contributed by atoms with van der Waals surface area (Å²) >= 11 is 5.58. The molecule has 1 heterocycles. The van der Waals surface area contributed by atoms with Gasteiger partial charge in [0.1, 0.15) is 11.6 Å². The van der Waals surface area contributed by atoms with Crippen molar-refractivity contribution in [1.29, 1.82) is 0 Å². The van der Waals surface area contributed by atoms with Crippen molar-refractivity contribution in [3.05, 3.63) is 41.3 Å². The Balaban J connectivity index is 0.000000373. The van der Waals surface area contributed by atoms with E-state index in [1.165, 1.54) is 31.4 Å². The van der Waals surface area contributed by atoms with Crippen LogP contribution in [-0.4, -0.2) is 28.3 Å². The minimum Gasteiger partial charge on any atom is -0.484 e. The Morgan fingerprint density at radius 1 is 1.46 bits per heavy atom. The zero-order chi connectivity index (χ0) is 18.4. The lowest BCUT2D eigenvalue weighted by Gasteiger charge is -2.09. The van der Waals surface area contributed by atoms with Gasteiger partial charge in [-0.25, -0.2) is 4.39 Å². The first-order valence-corrected chi connectivity index (χ1v) is 8.97. The maximum Gasteiger partial charge on any atom is 0.258 e. The molecule has 1 aromatic heterocycles. The average molecular weight is 380 g/mol. The summed E-state index contributed by atoms with van der Waals surface area (Å²) in [6.07, 6.45) is 5.85. The van der Waals surface area contributed by atoms with Crippen LogP contribution >= 0.6 is 11.6 Å². The van der Waals surface area contributed by atoms with E-state index in [0.29, 0.717) is 5.89 Å². The number of carbonyl (C=O) groups excluding carboxylic acids is 1. The summed E-state index contributed by atoms with van der Waals surface area (Å²) in [4.78, 5) is 11.9. The molecule has 0 aliphatic heterocycles. The maximum atomic E-state index is 13.3. The fraction of sp³-hybridized carbons (Fsp3) is 0.500. The maximum absolute atomic E-state index is 13.3. The largest absolute Gasteiger partial charge is 0.484 e. The molecule has 0 saturated heterocycles. The number of rotatable bonds is 5. The fourth-order valence-electron chi connectivity index (χ4n) is 3.02. The molecule has 0 spiro atoms. The second-order valence-electron chi connectivity index (χ2n) is 7.36. The Hall–Kier alpha value is -2.15. The summed E-state index contributed by atoms with van der Waals surface area (Å²) < 4.78 is 23.7. The highest BCUT2D eigenvalue weighted by Gasteiger charge is 2.87. The fourth-order valence-corrected chi connectivity index (χ4v) is 3.14. The topological polar surface area (TPSA) is 77.2 Å². The number of hydrogen-bond acceptors (Lipinski definition) is 5. The molecule has 0 radical (unpaired) electrons. The third-order valence-corrected chi connectivity index (χ3v) is 5.45. The smallest absolute Gasteiger partial charge is 0.258 e. The highest BCUT2D eigenvalue weighted by Crippen LogP contribution is 2.78. The van der Waals surface area contributed by atoms with E-state index < -0.39 is 5.82 Å². The Kier molecular flexibility index (Phi) is 4.14. The van der Waals surface area contributed by atoms with Gasteiger partial charge in [0.15, 0.2) is 6.61 Å². The molecular weight excluding hydrogens is 361 g/mol. The number of nitrogens with one attached hydrogen (secondary N) is 1. The predicted octanol–water partition coefficient (Wildman–Crippen LogP) is 3.26. The summed E-state index contributed by atoms with van der Waals surface area (Å²) in [6.45, 7) is 2.09. The van der Waals surface area contributed by atoms with E-state index in [9.17, 15) is 9.18 Å². The molecule has 3 aliphatic rings. The van der Waals surface area contributed by atoms with Crippen molar-refractivity contribution in [2.75, 3.05) is 6.61 Å². The van der Waals surface area contributed by atoms with Gasteiger partial charge in [-0.05, 0) is 30.9 Å². The highest BCUT2D eigenvalue weighted by atomic mass is 35.5. The molecule has 3 aliphatic carbocycles. The van der Waals surface area contributed by atoms with E-state index in [4.69, 9.17) is 20.8 Å². The van der Waals surface area contributed by atoms with Crippen LogP contribution in [0.15, 0.2) is 29.0 Å². The molecular formula is C18H19ClFN3O3. The van der Waals surface area contributed by atoms with Crippen molar-refractivity contribution in [3.63, 3.8) is 0 Å².